The Morgan fingerprint density at radius 2 is 1.96 bits per heavy atom. The van der Waals surface area contributed by atoms with Crippen molar-refractivity contribution < 1.29 is 5.11 Å². The largest absolute Gasteiger partial charge is 0.393 e. The highest BCUT2D eigenvalue weighted by atomic mass is 127. The van der Waals surface area contributed by atoms with Gasteiger partial charge in [-0.25, -0.2) is 0 Å². The SMILES string of the molecule is CCNC(=NCC1(c2cccs2)CCCCC1)NC1CCC(O)CC1.I. The fourth-order valence-electron chi connectivity index (χ4n) is 4.26. The molecular weight excluding hydrogens is 457 g/mol. The van der Waals surface area contributed by atoms with E-state index in [1.807, 2.05) is 11.3 Å². The standard InChI is InChI=1S/C20H33N3OS.HI/c1-2-21-19(23-16-8-10-17(24)11-9-16)22-15-20(12-4-3-5-13-20)18-7-6-14-25-18;/h6-7,14,16-17,24H,2-5,8-13,15H2,1H3,(H2,21,22,23);1H. The zero-order valence-corrected chi connectivity index (χ0v) is 19.0. The van der Waals surface area contributed by atoms with Crippen LogP contribution in [0.3, 0.4) is 0 Å². The number of halogens is 1. The van der Waals surface area contributed by atoms with Crippen molar-refractivity contribution in [2.45, 2.75) is 82.3 Å². The second kappa shape index (κ2) is 10.9. The minimum atomic E-state index is -0.109. The molecule has 0 radical (unpaired) electrons. The first-order valence-electron chi connectivity index (χ1n) is 9.99. The van der Waals surface area contributed by atoms with Crippen LogP contribution in [-0.4, -0.2) is 36.3 Å². The zero-order chi connectivity index (χ0) is 17.5. The first-order valence-corrected chi connectivity index (χ1v) is 10.9. The van der Waals surface area contributed by atoms with Gasteiger partial charge in [0.2, 0.25) is 0 Å². The molecule has 0 bridgehead atoms. The molecule has 0 unspecified atom stereocenters. The third kappa shape index (κ3) is 5.83. The summed E-state index contributed by atoms with van der Waals surface area (Å²) in [7, 11) is 0. The van der Waals surface area contributed by atoms with Crippen molar-refractivity contribution in [3.05, 3.63) is 22.4 Å². The molecule has 6 heteroatoms. The number of guanidine groups is 1. The molecule has 1 heterocycles. The van der Waals surface area contributed by atoms with Crippen molar-refractivity contribution in [3.8, 4) is 0 Å². The highest BCUT2D eigenvalue weighted by Gasteiger charge is 2.34. The molecule has 0 atom stereocenters. The predicted octanol–water partition coefficient (Wildman–Crippen LogP) is 4.43. The number of aliphatic hydroxyl groups is 1. The van der Waals surface area contributed by atoms with E-state index in [-0.39, 0.29) is 35.5 Å². The van der Waals surface area contributed by atoms with Crippen molar-refractivity contribution >= 4 is 41.3 Å². The van der Waals surface area contributed by atoms with Crippen molar-refractivity contribution in [1.82, 2.24) is 10.6 Å². The normalized spacial score (nSPS) is 26.0. The molecular formula is C20H34IN3OS. The number of nitrogens with zero attached hydrogens (tertiary/aromatic N) is 1. The molecule has 1 aromatic heterocycles. The molecule has 0 aromatic carbocycles. The summed E-state index contributed by atoms with van der Waals surface area (Å²) in [6.45, 7) is 3.88. The molecule has 2 aliphatic rings. The molecule has 0 aliphatic heterocycles. The Hall–Kier alpha value is -0.340. The van der Waals surface area contributed by atoms with Crippen molar-refractivity contribution in [3.63, 3.8) is 0 Å². The Morgan fingerprint density at radius 3 is 2.58 bits per heavy atom. The van der Waals surface area contributed by atoms with Crippen LogP contribution < -0.4 is 10.6 Å². The minimum absolute atomic E-state index is 0. The first kappa shape index (κ1) is 22.0. The summed E-state index contributed by atoms with van der Waals surface area (Å²) in [5, 5.41) is 18.9. The summed E-state index contributed by atoms with van der Waals surface area (Å²) in [5.74, 6) is 0.949. The lowest BCUT2D eigenvalue weighted by molar-refractivity contribution is 0.120. The van der Waals surface area contributed by atoms with Gasteiger partial charge in [0.05, 0.1) is 12.6 Å². The summed E-state index contributed by atoms with van der Waals surface area (Å²) in [6.07, 6.45) is 10.3. The van der Waals surface area contributed by atoms with Crippen LogP contribution >= 0.6 is 35.3 Å². The van der Waals surface area contributed by atoms with Crippen LogP contribution in [0.15, 0.2) is 22.5 Å². The van der Waals surface area contributed by atoms with E-state index >= 15 is 0 Å². The van der Waals surface area contributed by atoms with Crippen molar-refractivity contribution in [2.75, 3.05) is 13.1 Å². The maximum atomic E-state index is 9.71. The van der Waals surface area contributed by atoms with Crippen LogP contribution in [0.1, 0.15) is 69.6 Å². The van der Waals surface area contributed by atoms with Gasteiger partial charge < -0.3 is 15.7 Å². The van der Waals surface area contributed by atoms with E-state index in [0.29, 0.717) is 6.04 Å². The van der Waals surface area contributed by atoms with E-state index < -0.39 is 0 Å². The van der Waals surface area contributed by atoms with E-state index in [0.717, 1.165) is 44.7 Å². The molecule has 3 N–H and O–H groups in total. The molecule has 148 valence electrons. The monoisotopic (exact) mass is 491 g/mol. The average Bonchev–Trinajstić information content (AvgIpc) is 3.18. The lowest BCUT2D eigenvalue weighted by Crippen LogP contribution is -2.46. The van der Waals surface area contributed by atoms with Crippen molar-refractivity contribution in [1.29, 1.82) is 0 Å². The smallest absolute Gasteiger partial charge is 0.191 e. The molecule has 0 spiro atoms. The van der Waals surface area contributed by atoms with Gasteiger partial charge in [-0.3, -0.25) is 4.99 Å². The van der Waals surface area contributed by atoms with Gasteiger partial charge in [-0.2, -0.15) is 0 Å². The summed E-state index contributed by atoms with van der Waals surface area (Å²) in [6, 6.07) is 4.91. The van der Waals surface area contributed by atoms with Gasteiger partial charge in [-0.15, -0.1) is 35.3 Å². The third-order valence-electron chi connectivity index (χ3n) is 5.78. The fraction of sp³-hybridized carbons (Fsp3) is 0.750. The zero-order valence-electron chi connectivity index (χ0n) is 15.9. The Kier molecular flexibility index (Phi) is 9.17. The van der Waals surface area contributed by atoms with E-state index in [4.69, 9.17) is 4.99 Å². The first-order chi connectivity index (χ1) is 12.2. The molecule has 2 aliphatic carbocycles. The Labute approximate surface area is 179 Å². The van der Waals surface area contributed by atoms with Gasteiger partial charge in [0.15, 0.2) is 5.96 Å². The van der Waals surface area contributed by atoms with E-state index in [1.54, 1.807) is 0 Å². The number of aliphatic hydroxyl groups excluding tert-OH is 1. The van der Waals surface area contributed by atoms with Crippen LogP contribution in [0.4, 0.5) is 0 Å². The van der Waals surface area contributed by atoms with Crippen LogP contribution in [0.25, 0.3) is 0 Å². The van der Waals surface area contributed by atoms with Gasteiger partial charge in [0.1, 0.15) is 0 Å². The highest BCUT2D eigenvalue weighted by Crippen LogP contribution is 2.41. The summed E-state index contributed by atoms with van der Waals surface area (Å²) in [5.41, 5.74) is 0.234. The number of thiophene rings is 1. The topological polar surface area (TPSA) is 56.7 Å². The van der Waals surface area contributed by atoms with Crippen LogP contribution in [0, 0.1) is 0 Å². The molecule has 3 rings (SSSR count). The Bertz CT molecular complexity index is 535. The Morgan fingerprint density at radius 1 is 1.23 bits per heavy atom. The highest BCUT2D eigenvalue weighted by molar-refractivity contribution is 14.0. The molecule has 0 saturated heterocycles. The average molecular weight is 491 g/mol. The van der Waals surface area contributed by atoms with Gasteiger partial charge >= 0.3 is 0 Å². The summed E-state index contributed by atoms with van der Waals surface area (Å²) in [4.78, 5) is 6.52. The number of rotatable bonds is 5. The molecule has 2 fully saturated rings. The van der Waals surface area contributed by atoms with Crippen LogP contribution in [0.5, 0.6) is 0 Å². The number of hydrogen-bond donors (Lipinski definition) is 3. The number of nitrogens with one attached hydrogen (secondary N) is 2. The van der Waals surface area contributed by atoms with Crippen LogP contribution in [-0.2, 0) is 5.41 Å². The quantitative estimate of drug-likeness (QED) is 0.325. The number of hydrogen-bond acceptors (Lipinski definition) is 3. The van der Waals surface area contributed by atoms with Gasteiger partial charge in [-0.1, -0.05) is 25.3 Å². The summed E-state index contributed by atoms with van der Waals surface area (Å²) < 4.78 is 0. The second-order valence-electron chi connectivity index (χ2n) is 7.66. The molecule has 0 amide bonds. The summed E-state index contributed by atoms with van der Waals surface area (Å²) >= 11 is 1.89. The van der Waals surface area contributed by atoms with Gasteiger partial charge in [0, 0.05) is 22.9 Å². The molecule has 2 saturated carbocycles. The Balaban J connectivity index is 0.00000243. The predicted molar refractivity (Wildman–Crippen MR) is 122 cm³/mol. The maximum absolute atomic E-state index is 9.71. The van der Waals surface area contributed by atoms with E-state index in [2.05, 4.69) is 35.1 Å². The number of aliphatic imine (C=N–C) groups is 1. The molecule has 26 heavy (non-hydrogen) atoms. The van der Waals surface area contributed by atoms with Crippen molar-refractivity contribution in [2.24, 2.45) is 4.99 Å². The van der Waals surface area contributed by atoms with E-state index in [9.17, 15) is 5.11 Å². The lowest BCUT2D eigenvalue weighted by Gasteiger charge is -2.36. The van der Waals surface area contributed by atoms with E-state index in [1.165, 1.54) is 37.0 Å². The molecule has 4 nitrogen and oxygen atoms in total. The minimum Gasteiger partial charge on any atom is -0.393 e. The maximum Gasteiger partial charge on any atom is 0.191 e. The van der Waals surface area contributed by atoms with Gasteiger partial charge in [-0.05, 0) is 56.9 Å². The fourth-order valence-corrected chi connectivity index (χ4v) is 5.23. The third-order valence-corrected chi connectivity index (χ3v) is 6.89. The second-order valence-corrected chi connectivity index (χ2v) is 8.61. The lowest BCUT2D eigenvalue weighted by atomic mass is 9.73. The van der Waals surface area contributed by atoms with Crippen LogP contribution in [0.2, 0.25) is 0 Å². The molecule has 1 aromatic rings. The van der Waals surface area contributed by atoms with Gasteiger partial charge in [0.25, 0.3) is 0 Å².